The third-order valence-corrected chi connectivity index (χ3v) is 2.97. The van der Waals surface area contributed by atoms with Crippen LogP contribution in [0.3, 0.4) is 0 Å². The minimum atomic E-state index is -0.930. The lowest BCUT2D eigenvalue weighted by Gasteiger charge is -2.12. The smallest absolute Gasteiger partial charge is 0.313 e. The van der Waals surface area contributed by atoms with E-state index >= 15 is 0 Å². The predicted octanol–water partition coefficient (Wildman–Crippen LogP) is -0.149. The van der Waals surface area contributed by atoms with Gasteiger partial charge in [0, 0.05) is 14.1 Å². The molecular weight excluding hydrogens is 244 g/mol. The monoisotopic (exact) mass is 258 g/mol. The van der Waals surface area contributed by atoms with Gasteiger partial charge in [-0.1, -0.05) is 11.8 Å². The number of likely N-dealkylation sites (N-methyl/N-ethyl adjacent to an activating group) is 1. The number of hydrogen-bond acceptors (Lipinski definition) is 5. The van der Waals surface area contributed by atoms with E-state index in [9.17, 15) is 9.59 Å². The minimum absolute atomic E-state index is 0.0925. The molecule has 0 unspecified atom stereocenters. The second-order valence-electron chi connectivity index (χ2n) is 3.59. The molecule has 17 heavy (non-hydrogen) atoms. The van der Waals surface area contributed by atoms with Crippen molar-refractivity contribution in [1.82, 2.24) is 19.7 Å². The highest BCUT2D eigenvalue weighted by Crippen LogP contribution is 2.16. The van der Waals surface area contributed by atoms with E-state index < -0.39 is 5.97 Å². The molecule has 1 amide bonds. The van der Waals surface area contributed by atoms with E-state index in [-0.39, 0.29) is 18.2 Å². The summed E-state index contributed by atoms with van der Waals surface area (Å²) in [5.41, 5.74) is 0. The van der Waals surface area contributed by atoms with Crippen LogP contribution in [0.2, 0.25) is 0 Å². The maximum absolute atomic E-state index is 11.6. The van der Waals surface area contributed by atoms with Gasteiger partial charge in [0.15, 0.2) is 5.16 Å². The van der Waals surface area contributed by atoms with Gasteiger partial charge in [0.05, 0.1) is 5.75 Å². The highest BCUT2D eigenvalue weighted by Gasteiger charge is 2.14. The molecule has 1 heterocycles. The van der Waals surface area contributed by atoms with Gasteiger partial charge >= 0.3 is 5.97 Å². The molecule has 0 aliphatic carbocycles. The van der Waals surface area contributed by atoms with E-state index in [0.717, 1.165) is 11.8 Å². The quantitative estimate of drug-likeness (QED) is 0.739. The van der Waals surface area contributed by atoms with Crippen molar-refractivity contribution in [2.45, 2.75) is 18.6 Å². The van der Waals surface area contributed by atoms with Crippen molar-refractivity contribution in [1.29, 1.82) is 0 Å². The normalized spacial score (nSPS) is 10.3. The van der Waals surface area contributed by atoms with E-state index in [4.69, 9.17) is 5.11 Å². The van der Waals surface area contributed by atoms with Crippen LogP contribution in [0.1, 0.15) is 5.82 Å². The maximum Gasteiger partial charge on any atom is 0.313 e. The number of carboxylic acids is 1. The SMILES string of the molecule is Cc1nnc(SCC(=O)O)n1CC(=O)N(C)C. The number of aromatic nitrogens is 3. The van der Waals surface area contributed by atoms with Gasteiger partial charge in [0.2, 0.25) is 5.91 Å². The molecule has 0 atom stereocenters. The fourth-order valence-corrected chi connectivity index (χ4v) is 1.76. The average Bonchev–Trinajstić information content (AvgIpc) is 2.57. The van der Waals surface area contributed by atoms with Crippen molar-refractivity contribution in [3.63, 3.8) is 0 Å². The first kappa shape index (κ1) is 13.5. The summed E-state index contributed by atoms with van der Waals surface area (Å²) >= 11 is 1.05. The summed E-state index contributed by atoms with van der Waals surface area (Å²) in [7, 11) is 3.32. The lowest BCUT2D eigenvalue weighted by Crippen LogP contribution is -2.27. The molecule has 94 valence electrons. The van der Waals surface area contributed by atoms with Crippen LogP contribution in [0.15, 0.2) is 5.16 Å². The Labute approximate surface area is 103 Å². The van der Waals surface area contributed by atoms with Crippen LogP contribution < -0.4 is 0 Å². The largest absolute Gasteiger partial charge is 0.481 e. The average molecular weight is 258 g/mol. The summed E-state index contributed by atoms with van der Waals surface area (Å²) in [6.45, 7) is 1.84. The third-order valence-electron chi connectivity index (χ3n) is 2.02. The van der Waals surface area contributed by atoms with Gasteiger partial charge in [0.25, 0.3) is 0 Å². The zero-order valence-corrected chi connectivity index (χ0v) is 10.7. The number of amides is 1. The van der Waals surface area contributed by atoms with Crippen LogP contribution in [0.4, 0.5) is 0 Å². The second kappa shape index (κ2) is 5.67. The zero-order chi connectivity index (χ0) is 13.0. The molecule has 0 aliphatic heterocycles. The van der Waals surface area contributed by atoms with Gasteiger partial charge in [-0.15, -0.1) is 10.2 Å². The molecule has 0 fully saturated rings. The number of hydrogen-bond donors (Lipinski definition) is 1. The van der Waals surface area contributed by atoms with Crippen LogP contribution in [0.5, 0.6) is 0 Å². The van der Waals surface area contributed by atoms with Gasteiger partial charge in [-0.25, -0.2) is 0 Å². The first-order valence-electron chi connectivity index (χ1n) is 4.86. The summed E-state index contributed by atoms with van der Waals surface area (Å²) in [6.07, 6.45) is 0. The van der Waals surface area contributed by atoms with E-state index in [1.165, 1.54) is 4.90 Å². The van der Waals surface area contributed by atoms with E-state index in [1.54, 1.807) is 25.6 Å². The summed E-state index contributed by atoms with van der Waals surface area (Å²) < 4.78 is 1.61. The van der Waals surface area contributed by atoms with Gasteiger partial charge in [0.1, 0.15) is 12.4 Å². The van der Waals surface area contributed by atoms with Crippen LogP contribution in [-0.2, 0) is 16.1 Å². The number of carbonyl (C=O) groups is 2. The molecular formula is C9H14N4O3S. The molecule has 0 aromatic carbocycles. The van der Waals surface area contributed by atoms with Gasteiger partial charge in [-0.3, -0.25) is 14.2 Å². The number of aliphatic carboxylic acids is 1. The van der Waals surface area contributed by atoms with Crippen LogP contribution in [-0.4, -0.2) is 56.5 Å². The lowest BCUT2D eigenvalue weighted by atomic mass is 10.5. The number of carboxylic acid groups (broad SMARTS) is 1. The predicted molar refractivity (Wildman–Crippen MR) is 61.8 cm³/mol. The Morgan fingerprint density at radius 3 is 2.59 bits per heavy atom. The molecule has 0 bridgehead atoms. The molecule has 1 aromatic heterocycles. The number of rotatable bonds is 5. The third kappa shape index (κ3) is 3.74. The molecule has 0 saturated carbocycles. The van der Waals surface area contributed by atoms with Gasteiger partial charge < -0.3 is 10.0 Å². The molecule has 8 heteroatoms. The van der Waals surface area contributed by atoms with E-state index in [2.05, 4.69) is 10.2 Å². The topological polar surface area (TPSA) is 88.3 Å². The van der Waals surface area contributed by atoms with E-state index in [1.807, 2.05) is 0 Å². The fraction of sp³-hybridized carbons (Fsp3) is 0.556. The standard InChI is InChI=1S/C9H14N4O3S/c1-6-10-11-9(17-5-8(15)16)13(6)4-7(14)12(2)3/h4-5H2,1-3H3,(H,15,16). The molecule has 0 spiro atoms. The summed E-state index contributed by atoms with van der Waals surface area (Å²) in [6, 6.07) is 0. The summed E-state index contributed by atoms with van der Waals surface area (Å²) in [5, 5.41) is 16.7. The van der Waals surface area contributed by atoms with Crippen molar-refractivity contribution >= 4 is 23.6 Å². The molecule has 0 aliphatic rings. The Hall–Kier alpha value is -1.57. The van der Waals surface area contributed by atoms with Gasteiger partial charge in [-0.05, 0) is 6.92 Å². The van der Waals surface area contributed by atoms with Crippen molar-refractivity contribution in [3.05, 3.63) is 5.82 Å². The number of nitrogens with zero attached hydrogens (tertiary/aromatic N) is 4. The van der Waals surface area contributed by atoms with Crippen LogP contribution in [0, 0.1) is 6.92 Å². The molecule has 1 aromatic rings. The maximum atomic E-state index is 11.6. The molecule has 0 radical (unpaired) electrons. The zero-order valence-electron chi connectivity index (χ0n) is 9.88. The highest BCUT2D eigenvalue weighted by atomic mass is 32.2. The second-order valence-corrected chi connectivity index (χ2v) is 4.53. The Morgan fingerprint density at radius 1 is 1.41 bits per heavy atom. The molecule has 1 N–H and O–H groups in total. The Morgan fingerprint density at radius 2 is 2.06 bits per heavy atom. The van der Waals surface area contributed by atoms with Crippen LogP contribution in [0.25, 0.3) is 0 Å². The Bertz CT molecular complexity index is 430. The van der Waals surface area contributed by atoms with Gasteiger partial charge in [-0.2, -0.15) is 0 Å². The van der Waals surface area contributed by atoms with Crippen molar-refractivity contribution < 1.29 is 14.7 Å². The minimum Gasteiger partial charge on any atom is -0.481 e. The number of aryl methyl sites for hydroxylation is 1. The Kier molecular flexibility index (Phi) is 4.50. The van der Waals surface area contributed by atoms with E-state index in [0.29, 0.717) is 11.0 Å². The number of carbonyl (C=O) groups excluding carboxylic acids is 1. The summed E-state index contributed by atoms with van der Waals surface area (Å²) in [5.74, 6) is -0.534. The summed E-state index contributed by atoms with van der Waals surface area (Å²) in [4.78, 5) is 23.5. The molecule has 0 saturated heterocycles. The number of thioether (sulfide) groups is 1. The van der Waals surface area contributed by atoms with Crippen LogP contribution >= 0.6 is 11.8 Å². The molecule has 7 nitrogen and oxygen atoms in total. The van der Waals surface area contributed by atoms with Crippen molar-refractivity contribution in [3.8, 4) is 0 Å². The first-order chi connectivity index (χ1) is 7.91. The molecule has 1 rings (SSSR count). The highest BCUT2D eigenvalue weighted by molar-refractivity contribution is 7.99. The van der Waals surface area contributed by atoms with Crippen molar-refractivity contribution in [2.24, 2.45) is 0 Å². The first-order valence-corrected chi connectivity index (χ1v) is 5.85. The lowest BCUT2D eigenvalue weighted by molar-refractivity contribution is -0.134. The fourth-order valence-electron chi connectivity index (χ4n) is 1.05. The van der Waals surface area contributed by atoms with Crippen molar-refractivity contribution in [2.75, 3.05) is 19.8 Å². The Balaban J connectivity index is 2.79.